The van der Waals surface area contributed by atoms with Crippen LogP contribution in [-0.2, 0) is 18.4 Å². The number of carbonyl (C=O) groups excluding carboxylic acids is 1. The molecule has 1 amide bonds. The highest BCUT2D eigenvalue weighted by molar-refractivity contribution is 5.67. The van der Waals surface area contributed by atoms with Crippen LogP contribution >= 0.6 is 0 Å². The fraction of sp³-hybridized carbons (Fsp3) is 0.368. The number of benzene rings is 1. The zero-order chi connectivity index (χ0) is 17.5. The first-order chi connectivity index (χ1) is 11.6. The molecule has 1 aromatic carbocycles. The number of hydrogen-bond donors (Lipinski definition) is 0. The summed E-state index contributed by atoms with van der Waals surface area (Å²) in [6.45, 7) is 7.12. The normalized spacial score (nSPS) is 10.0. The highest BCUT2D eigenvalue weighted by Crippen LogP contribution is 2.11. The Morgan fingerprint density at radius 3 is 2.50 bits per heavy atom. The molecule has 0 aliphatic rings. The standard InChI is InChI=1S/C19H23N3O2/c1-5-22(6-2)19(23)24-14-17-18(21(4)15(3)20-17)13-12-16-10-8-7-9-11-16/h7-11H,5-6,14H2,1-4H3. The molecule has 0 atom stereocenters. The van der Waals surface area contributed by atoms with Gasteiger partial charge >= 0.3 is 6.09 Å². The third-order valence-corrected chi connectivity index (χ3v) is 3.84. The molecule has 0 saturated carbocycles. The molecule has 0 bridgehead atoms. The largest absolute Gasteiger partial charge is 0.443 e. The number of rotatable bonds is 4. The van der Waals surface area contributed by atoms with Crippen molar-refractivity contribution >= 4 is 6.09 Å². The van der Waals surface area contributed by atoms with Crippen molar-refractivity contribution in [2.24, 2.45) is 7.05 Å². The molecule has 0 unspecified atom stereocenters. The lowest BCUT2D eigenvalue weighted by molar-refractivity contribution is 0.0987. The van der Waals surface area contributed by atoms with Crippen LogP contribution in [-0.4, -0.2) is 33.6 Å². The lowest BCUT2D eigenvalue weighted by Gasteiger charge is -2.17. The quantitative estimate of drug-likeness (QED) is 0.812. The van der Waals surface area contributed by atoms with Gasteiger partial charge in [0.25, 0.3) is 0 Å². The van der Waals surface area contributed by atoms with Crippen LogP contribution in [0.1, 0.15) is 36.6 Å². The van der Waals surface area contributed by atoms with Gasteiger partial charge in [-0.3, -0.25) is 0 Å². The Morgan fingerprint density at radius 2 is 1.88 bits per heavy atom. The van der Waals surface area contributed by atoms with Gasteiger partial charge in [-0.15, -0.1) is 0 Å². The van der Waals surface area contributed by atoms with Gasteiger partial charge in [0.1, 0.15) is 23.8 Å². The molecule has 5 nitrogen and oxygen atoms in total. The number of carbonyl (C=O) groups is 1. The lowest BCUT2D eigenvalue weighted by Crippen LogP contribution is -2.31. The fourth-order valence-corrected chi connectivity index (χ4v) is 2.29. The number of imidazole rings is 1. The second-order valence-corrected chi connectivity index (χ2v) is 5.36. The van der Waals surface area contributed by atoms with Gasteiger partial charge in [-0.25, -0.2) is 9.78 Å². The van der Waals surface area contributed by atoms with Crippen LogP contribution in [0.15, 0.2) is 30.3 Å². The summed E-state index contributed by atoms with van der Waals surface area (Å²) >= 11 is 0. The van der Waals surface area contributed by atoms with Crippen LogP contribution in [0.4, 0.5) is 4.79 Å². The molecule has 24 heavy (non-hydrogen) atoms. The van der Waals surface area contributed by atoms with Gasteiger partial charge < -0.3 is 14.2 Å². The molecule has 2 rings (SSSR count). The van der Waals surface area contributed by atoms with E-state index in [1.54, 1.807) is 4.90 Å². The molecule has 5 heteroatoms. The summed E-state index contributed by atoms with van der Waals surface area (Å²) in [6, 6.07) is 9.76. The number of ether oxygens (including phenoxy) is 1. The summed E-state index contributed by atoms with van der Waals surface area (Å²) in [5.74, 6) is 7.11. The Balaban J connectivity index is 2.18. The Kier molecular flexibility index (Phi) is 6.02. The van der Waals surface area contributed by atoms with Gasteiger partial charge in [0.2, 0.25) is 0 Å². The van der Waals surface area contributed by atoms with E-state index in [0.717, 1.165) is 17.1 Å². The maximum absolute atomic E-state index is 12.0. The molecule has 2 aromatic rings. The highest BCUT2D eigenvalue weighted by atomic mass is 16.6. The minimum Gasteiger partial charge on any atom is -0.443 e. The van der Waals surface area contributed by atoms with Gasteiger partial charge in [0.15, 0.2) is 0 Å². The molecular weight excluding hydrogens is 302 g/mol. The predicted molar refractivity (Wildman–Crippen MR) is 93.5 cm³/mol. The van der Waals surface area contributed by atoms with Gasteiger partial charge in [-0.2, -0.15) is 0 Å². The van der Waals surface area contributed by atoms with Crippen molar-refractivity contribution in [2.45, 2.75) is 27.4 Å². The molecule has 0 radical (unpaired) electrons. The lowest BCUT2D eigenvalue weighted by atomic mass is 10.2. The Labute approximate surface area is 143 Å². The molecule has 0 fully saturated rings. The van der Waals surface area contributed by atoms with E-state index in [9.17, 15) is 4.79 Å². The first-order valence-corrected chi connectivity index (χ1v) is 8.07. The van der Waals surface area contributed by atoms with E-state index in [1.807, 2.05) is 62.7 Å². The monoisotopic (exact) mass is 325 g/mol. The summed E-state index contributed by atoms with van der Waals surface area (Å²) in [6.07, 6.45) is -0.328. The van der Waals surface area contributed by atoms with Crippen LogP contribution in [0.25, 0.3) is 0 Å². The van der Waals surface area contributed by atoms with E-state index < -0.39 is 0 Å². The molecule has 0 saturated heterocycles. The van der Waals surface area contributed by atoms with Crippen molar-refractivity contribution in [3.8, 4) is 11.8 Å². The maximum Gasteiger partial charge on any atom is 0.410 e. The Morgan fingerprint density at radius 1 is 1.21 bits per heavy atom. The van der Waals surface area contributed by atoms with Crippen LogP contribution in [0.5, 0.6) is 0 Å². The van der Waals surface area contributed by atoms with E-state index in [0.29, 0.717) is 18.8 Å². The second kappa shape index (κ2) is 8.21. The summed E-state index contributed by atoms with van der Waals surface area (Å²) < 4.78 is 7.29. The van der Waals surface area contributed by atoms with E-state index in [4.69, 9.17) is 4.74 Å². The van der Waals surface area contributed by atoms with Crippen molar-refractivity contribution in [3.05, 3.63) is 53.1 Å². The summed E-state index contributed by atoms with van der Waals surface area (Å²) in [5.41, 5.74) is 2.38. The topological polar surface area (TPSA) is 47.4 Å². The van der Waals surface area contributed by atoms with Crippen LogP contribution in [0.2, 0.25) is 0 Å². The average Bonchev–Trinajstić information content (AvgIpc) is 2.87. The van der Waals surface area contributed by atoms with Crippen molar-refractivity contribution in [1.82, 2.24) is 14.5 Å². The van der Waals surface area contributed by atoms with Crippen molar-refractivity contribution in [3.63, 3.8) is 0 Å². The molecule has 126 valence electrons. The van der Waals surface area contributed by atoms with Gasteiger partial charge in [-0.1, -0.05) is 24.1 Å². The molecule has 0 aliphatic heterocycles. The summed E-state index contributed by atoms with van der Waals surface area (Å²) in [4.78, 5) is 18.1. The van der Waals surface area contributed by atoms with Gasteiger partial charge in [-0.05, 0) is 38.8 Å². The third kappa shape index (κ3) is 4.17. The SMILES string of the molecule is CCN(CC)C(=O)OCc1nc(C)n(C)c1C#Cc1ccccc1. The molecule has 0 aliphatic carbocycles. The van der Waals surface area contributed by atoms with Crippen molar-refractivity contribution in [2.75, 3.05) is 13.1 Å². The fourth-order valence-electron chi connectivity index (χ4n) is 2.29. The number of aromatic nitrogens is 2. The van der Waals surface area contributed by atoms with Crippen LogP contribution in [0.3, 0.4) is 0 Å². The highest BCUT2D eigenvalue weighted by Gasteiger charge is 2.15. The van der Waals surface area contributed by atoms with E-state index in [2.05, 4.69) is 16.8 Å². The van der Waals surface area contributed by atoms with Gasteiger partial charge in [0.05, 0.1) is 0 Å². The van der Waals surface area contributed by atoms with Gasteiger partial charge in [0, 0.05) is 25.7 Å². The number of aryl methyl sites for hydroxylation is 1. The number of amides is 1. The minimum absolute atomic E-state index is 0.121. The average molecular weight is 325 g/mol. The summed E-state index contributed by atoms with van der Waals surface area (Å²) in [5, 5.41) is 0. The first kappa shape index (κ1) is 17.6. The smallest absolute Gasteiger partial charge is 0.410 e. The van der Waals surface area contributed by atoms with Crippen LogP contribution < -0.4 is 0 Å². The summed E-state index contributed by atoms with van der Waals surface area (Å²) in [7, 11) is 1.91. The predicted octanol–water partition coefficient (Wildman–Crippen LogP) is 3.11. The zero-order valence-corrected chi connectivity index (χ0v) is 14.7. The maximum atomic E-state index is 12.0. The number of nitrogens with zero attached hydrogens (tertiary/aromatic N) is 3. The zero-order valence-electron chi connectivity index (χ0n) is 14.7. The third-order valence-electron chi connectivity index (χ3n) is 3.84. The van der Waals surface area contributed by atoms with Crippen molar-refractivity contribution < 1.29 is 9.53 Å². The van der Waals surface area contributed by atoms with E-state index >= 15 is 0 Å². The molecule has 1 aromatic heterocycles. The molecule has 1 heterocycles. The Hall–Kier alpha value is -2.74. The van der Waals surface area contributed by atoms with E-state index in [-0.39, 0.29) is 12.7 Å². The van der Waals surface area contributed by atoms with Crippen molar-refractivity contribution in [1.29, 1.82) is 0 Å². The molecule has 0 spiro atoms. The number of hydrogen-bond acceptors (Lipinski definition) is 3. The second-order valence-electron chi connectivity index (χ2n) is 5.36. The molecular formula is C19H23N3O2. The first-order valence-electron chi connectivity index (χ1n) is 8.07. The minimum atomic E-state index is -0.328. The van der Waals surface area contributed by atoms with Crippen LogP contribution in [0, 0.1) is 18.8 Å². The Bertz CT molecular complexity index is 750. The van der Waals surface area contributed by atoms with E-state index in [1.165, 1.54) is 0 Å². The molecule has 0 N–H and O–H groups in total.